The number of imide groups is 1. The minimum Gasteiger partial charge on any atom is -0.478 e. The van der Waals surface area contributed by atoms with Crippen LogP contribution in [0.25, 0.3) is 0 Å². The van der Waals surface area contributed by atoms with Crippen molar-refractivity contribution in [2.24, 2.45) is 4.99 Å². The van der Waals surface area contributed by atoms with E-state index >= 15 is 0 Å². The molecular formula is C26H20FN3O6S. The molecule has 0 aliphatic carbocycles. The number of aliphatic imine (C=N–C) groups is 1. The number of fused-ring (bicyclic) bond motifs is 1. The first-order valence-electron chi connectivity index (χ1n) is 11.2. The highest BCUT2D eigenvalue weighted by atomic mass is 32.2. The van der Waals surface area contributed by atoms with Gasteiger partial charge in [-0.25, -0.2) is 14.1 Å². The van der Waals surface area contributed by atoms with E-state index in [2.05, 4.69) is 10.3 Å². The zero-order valence-corrected chi connectivity index (χ0v) is 20.0. The van der Waals surface area contributed by atoms with Crippen molar-refractivity contribution >= 4 is 46.1 Å². The van der Waals surface area contributed by atoms with Gasteiger partial charge in [-0.05, 0) is 66.2 Å². The van der Waals surface area contributed by atoms with Crippen LogP contribution in [0.5, 0.6) is 11.5 Å². The monoisotopic (exact) mass is 521 g/mol. The molecule has 2 heterocycles. The van der Waals surface area contributed by atoms with E-state index < -0.39 is 28.9 Å². The molecule has 0 spiro atoms. The first kappa shape index (κ1) is 24.3. The van der Waals surface area contributed by atoms with Crippen LogP contribution in [0.3, 0.4) is 0 Å². The molecule has 2 aliphatic heterocycles. The van der Waals surface area contributed by atoms with Gasteiger partial charge in [0.05, 0.1) is 17.8 Å². The number of halogens is 1. The van der Waals surface area contributed by atoms with Gasteiger partial charge in [0.1, 0.15) is 11.1 Å². The van der Waals surface area contributed by atoms with Crippen LogP contribution in [0.2, 0.25) is 0 Å². The summed E-state index contributed by atoms with van der Waals surface area (Å²) in [5.41, 5.74) is 1.76. The standard InChI is InChI=1S/C26H20FN3O6S/c27-17-4-6-18(7-5-17)29-26(28-13-15-1-10-20-21(11-15)36-14-35-20)37-22-12-23(31)30(24(22)32)19-8-2-16(3-9-19)25(33)34/h1-11,22H,12-14H2,(H,28,29)(H,33,34)/t22-/m1/s1. The number of aromatic carboxylic acids is 1. The van der Waals surface area contributed by atoms with Gasteiger partial charge in [0.15, 0.2) is 16.7 Å². The number of amidine groups is 1. The smallest absolute Gasteiger partial charge is 0.335 e. The molecule has 1 fully saturated rings. The minimum atomic E-state index is -1.10. The number of amides is 2. The number of anilines is 2. The molecular weight excluding hydrogens is 501 g/mol. The lowest BCUT2D eigenvalue weighted by atomic mass is 10.2. The van der Waals surface area contributed by atoms with Gasteiger partial charge in [-0.3, -0.25) is 14.6 Å². The normalized spacial score (nSPS) is 16.8. The zero-order chi connectivity index (χ0) is 25.9. The summed E-state index contributed by atoms with van der Waals surface area (Å²) in [7, 11) is 0. The highest BCUT2D eigenvalue weighted by Crippen LogP contribution is 2.34. The number of benzene rings is 3. The van der Waals surface area contributed by atoms with Crippen LogP contribution in [0.15, 0.2) is 71.7 Å². The Labute approximate surface area is 214 Å². The lowest BCUT2D eigenvalue weighted by Crippen LogP contribution is -2.31. The van der Waals surface area contributed by atoms with Crippen LogP contribution in [-0.2, 0) is 16.1 Å². The fourth-order valence-electron chi connectivity index (χ4n) is 3.82. The van der Waals surface area contributed by atoms with Crippen LogP contribution >= 0.6 is 11.8 Å². The van der Waals surface area contributed by atoms with Crippen LogP contribution in [0.4, 0.5) is 15.8 Å². The van der Waals surface area contributed by atoms with E-state index in [0.717, 1.165) is 22.2 Å². The highest BCUT2D eigenvalue weighted by Gasteiger charge is 2.41. The molecule has 2 amide bonds. The summed E-state index contributed by atoms with van der Waals surface area (Å²) in [6.45, 7) is 0.408. The van der Waals surface area contributed by atoms with Crippen molar-refractivity contribution in [3.8, 4) is 11.5 Å². The van der Waals surface area contributed by atoms with Gasteiger partial charge in [-0.2, -0.15) is 0 Å². The molecule has 3 aromatic carbocycles. The number of nitrogens with one attached hydrogen (secondary N) is 1. The predicted octanol–water partition coefficient (Wildman–Crippen LogP) is 4.29. The summed E-state index contributed by atoms with van der Waals surface area (Å²) >= 11 is 1.10. The lowest BCUT2D eigenvalue weighted by molar-refractivity contribution is -0.121. The topological polar surface area (TPSA) is 118 Å². The molecule has 1 saturated heterocycles. The third-order valence-corrected chi connectivity index (χ3v) is 6.78. The van der Waals surface area contributed by atoms with Gasteiger partial charge >= 0.3 is 5.97 Å². The van der Waals surface area contributed by atoms with Crippen LogP contribution in [0, 0.1) is 5.82 Å². The molecule has 1 atom stereocenters. The highest BCUT2D eigenvalue weighted by molar-refractivity contribution is 8.15. The molecule has 0 unspecified atom stereocenters. The van der Waals surface area contributed by atoms with Crippen LogP contribution < -0.4 is 19.7 Å². The summed E-state index contributed by atoms with van der Waals surface area (Å²) in [5.74, 6) is -1.06. The number of nitrogens with zero attached hydrogens (tertiary/aromatic N) is 2. The second-order valence-corrected chi connectivity index (χ2v) is 9.36. The van der Waals surface area contributed by atoms with Crippen molar-refractivity contribution in [3.05, 3.63) is 83.7 Å². The third-order valence-electron chi connectivity index (χ3n) is 5.67. The molecule has 0 aromatic heterocycles. The summed E-state index contributed by atoms with van der Waals surface area (Å²) in [6, 6.07) is 16.7. The number of carbonyl (C=O) groups excluding carboxylic acids is 2. The fourth-order valence-corrected chi connectivity index (χ4v) is 4.84. The predicted molar refractivity (Wildman–Crippen MR) is 136 cm³/mol. The van der Waals surface area contributed by atoms with Gasteiger partial charge in [-0.15, -0.1) is 0 Å². The van der Waals surface area contributed by atoms with E-state index in [-0.39, 0.29) is 25.3 Å². The molecule has 3 aromatic rings. The van der Waals surface area contributed by atoms with Crippen LogP contribution in [0.1, 0.15) is 22.3 Å². The van der Waals surface area contributed by atoms with E-state index in [1.54, 1.807) is 18.2 Å². The van der Waals surface area contributed by atoms with Crippen molar-refractivity contribution in [1.82, 2.24) is 0 Å². The van der Waals surface area contributed by atoms with Gasteiger partial charge in [-0.1, -0.05) is 17.8 Å². The van der Waals surface area contributed by atoms with E-state index in [4.69, 9.17) is 14.6 Å². The molecule has 2 N–H and O–H groups in total. The molecule has 188 valence electrons. The first-order chi connectivity index (χ1) is 17.9. The number of rotatable bonds is 6. The average molecular weight is 522 g/mol. The van der Waals surface area contributed by atoms with Crippen molar-refractivity contribution in [2.75, 3.05) is 17.0 Å². The van der Waals surface area contributed by atoms with Gasteiger partial charge in [0.25, 0.3) is 0 Å². The first-order valence-corrected chi connectivity index (χ1v) is 12.1. The van der Waals surface area contributed by atoms with Gasteiger partial charge < -0.3 is 19.9 Å². The fraction of sp³-hybridized carbons (Fsp3) is 0.154. The molecule has 2 aliphatic rings. The Hall–Kier alpha value is -4.38. The maximum absolute atomic E-state index is 13.4. The summed E-state index contributed by atoms with van der Waals surface area (Å²) < 4.78 is 24.1. The molecule has 11 heteroatoms. The maximum atomic E-state index is 13.4. The van der Waals surface area contributed by atoms with E-state index in [1.165, 1.54) is 36.4 Å². The number of hydrogen-bond donors (Lipinski definition) is 2. The zero-order valence-electron chi connectivity index (χ0n) is 19.2. The number of carbonyl (C=O) groups is 3. The van der Waals surface area contributed by atoms with Crippen molar-refractivity contribution < 1.29 is 33.4 Å². The number of carboxylic acid groups (broad SMARTS) is 1. The SMILES string of the molecule is O=C(O)c1ccc(N2C(=O)C[C@@H](SC(=NCc3ccc4c(c3)OCO4)Nc3ccc(F)cc3)C2=O)cc1. The third kappa shape index (κ3) is 5.41. The quantitative estimate of drug-likeness (QED) is 0.280. The number of thioether (sulfide) groups is 1. The van der Waals surface area contributed by atoms with E-state index in [9.17, 15) is 18.8 Å². The molecule has 0 bridgehead atoms. The number of hydrogen-bond acceptors (Lipinski definition) is 7. The summed E-state index contributed by atoms with van der Waals surface area (Å²) in [4.78, 5) is 42.7. The summed E-state index contributed by atoms with van der Waals surface area (Å²) in [6.07, 6.45) is -0.0572. The van der Waals surface area contributed by atoms with Gasteiger partial charge in [0.2, 0.25) is 18.6 Å². The second-order valence-electron chi connectivity index (χ2n) is 8.17. The molecule has 37 heavy (non-hydrogen) atoms. The average Bonchev–Trinajstić information content (AvgIpc) is 3.47. The largest absolute Gasteiger partial charge is 0.478 e. The Kier molecular flexibility index (Phi) is 6.78. The molecule has 5 rings (SSSR count). The molecule has 0 saturated carbocycles. The second kappa shape index (κ2) is 10.3. The Morgan fingerprint density at radius 3 is 2.51 bits per heavy atom. The summed E-state index contributed by atoms with van der Waals surface area (Å²) in [5, 5.41) is 11.8. The van der Waals surface area contributed by atoms with Crippen molar-refractivity contribution in [1.29, 1.82) is 0 Å². The minimum absolute atomic E-state index is 0.0511. The van der Waals surface area contributed by atoms with Gasteiger partial charge in [0, 0.05) is 12.1 Å². The van der Waals surface area contributed by atoms with Crippen LogP contribution in [-0.4, -0.2) is 40.1 Å². The Bertz CT molecular complexity index is 1390. The number of ether oxygens (including phenoxy) is 2. The Morgan fingerprint density at radius 1 is 1.05 bits per heavy atom. The Balaban J connectivity index is 1.36. The molecule has 0 radical (unpaired) electrons. The number of carboxylic acids is 1. The Morgan fingerprint density at radius 2 is 1.78 bits per heavy atom. The lowest BCUT2D eigenvalue weighted by Gasteiger charge is -2.16. The molecule has 9 nitrogen and oxygen atoms in total. The van der Waals surface area contributed by atoms with Crippen molar-refractivity contribution in [3.63, 3.8) is 0 Å². The van der Waals surface area contributed by atoms with E-state index in [0.29, 0.717) is 28.0 Å². The maximum Gasteiger partial charge on any atom is 0.335 e. The van der Waals surface area contributed by atoms with Crippen molar-refractivity contribution in [2.45, 2.75) is 18.2 Å². The van der Waals surface area contributed by atoms with E-state index in [1.807, 2.05) is 12.1 Å².